The van der Waals surface area contributed by atoms with E-state index in [1.54, 1.807) is 18.2 Å². The van der Waals surface area contributed by atoms with Crippen molar-refractivity contribution < 1.29 is 23.4 Å². The lowest BCUT2D eigenvalue weighted by Gasteiger charge is -2.19. The van der Waals surface area contributed by atoms with Crippen molar-refractivity contribution in [2.45, 2.75) is 25.2 Å². The predicted octanol–water partition coefficient (Wildman–Crippen LogP) is 4.44. The molecule has 8 heteroatoms. The number of fused-ring (bicyclic) bond motifs is 3. The Morgan fingerprint density at radius 1 is 1.26 bits per heavy atom. The first-order chi connectivity index (χ1) is 13.1. The molecular weight excluding hydrogens is 422 g/mol. The number of halogens is 3. The van der Waals surface area contributed by atoms with Gasteiger partial charge in [0.2, 0.25) is 0 Å². The van der Waals surface area contributed by atoms with Crippen LogP contribution >= 0.6 is 15.9 Å². The zero-order chi connectivity index (χ0) is 19.0. The van der Waals surface area contributed by atoms with Gasteiger partial charge in [0.25, 0.3) is 0 Å². The molecule has 0 aliphatic carbocycles. The fourth-order valence-corrected chi connectivity index (χ4v) is 3.96. The molecule has 0 amide bonds. The molecule has 0 saturated heterocycles. The minimum absolute atomic E-state index is 0.0992. The number of rotatable bonds is 6. The SMILES string of the molecule is OCCO[C@@H]1C[C@H](c2ccccc2OC(F)F)n2c1nc1ccc(Br)cc12. The molecule has 0 spiro atoms. The standard InChI is InChI=1S/C19H17BrF2N2O3/c20-11-5-6-13-15(9-11)24-14(10-17(18(24)23-13)26-8-7-25)12-3-1-2-4-16(12)27-19(21)22/h1-6,9,14,17,19,25H,7-8,10H2/t14-,17-/m1/s1. The number of ether oxygens (including phenoxy) is 2. The van der Waals surface area contributed by atoms with Gasteiger partial charge in [-0.25, -0.2) is 4.98 Å². The smallest absolute Gasteiger partial charge is 0.387 e. The Hall–Kier alpha value is -2.03. The van der Waals surface area contributed by atoms with E-state index in [4.69, 9.17) is 14.6 Å². The van der Waals surface area contributed by atoms with Gasteiger partial charge in [-0.1, -0.05) is 34.1 Å². The topological polar surface area (TPSA) is 56.5 Å². The van der Waals surface area contributed by atoms with Gasteiger partial charge in [-0.3, -0.25) is 0 Å². The van der Waals surface area contributed by atoms with E-state index in [1.807, 2.05) is 22.8 Å². The van der Waals surface area contributed by atoms with E-state index < -0.39 is 6.61 Å². The van der Waals surface area contributed by atoms with Crippen LogP contribution in [0.3, 0.4) is 0 Å². The van der Waals surface area contributed by atoms with Crippen molar-refractivity contribution in [1.29, 1.82) is 0 Å². The summed E-state index contributed by atoms with van der Waals surface area (Å²) in [7, 11) is 0. The molecule has 0 unspecified atom stereocenters. The molecule has 1 aliphatic heterocycles. The van der Waals surface area contributed by atoms with Gasteiger partial charge >= 0.3 is 6.61 Å². The number of hydrogen-bond acceptors (Lipinski definition) is 4. The number of para-hydroxylation sites is 1. The van der Waals surface area contributed by atoms with Crippen molar-refractivity contribution >= 4 is 27.0 Å². The molecule has 5 nitrogen and oxygen atoms in total. The van der Waals surface area contributed by atoms with Crippen molar-refractivity contribution in [2.24, 2.45) is 0 Å². The molecule has 0 fully saturated rings. The van der Waals surface area contributed by atoms with Gasteiger partial charge in [-0.2, -0.15) is 8.78 Å². The number of imidazole rings is 1. The number of aliphatic hydroxyl groups is 1. The summed E-state index contributed by atoms with van der Waals surface area (Å²) in [6, 6.07) is 12.3. The Kier molecular flexibility index (Phi) is 5.12. The van der Waals surface area contributed by atoms with Crippen LogP contribution < -0.4 is 4.74 Å². The van der Waals surface area contributed by atoms with Crippen LogP contribution in [0.1, 0.15) is 30.0 Å². The highest BCUT2D eigenvalue weighted by Crippen LogP contribution is 2.45. The highest BCUT2D eigenvalue weighted by atomic mass is 79.9. The monoisotopic (exact) mass is 438 g/mol. The maximum absolute atomic E-state index is 12.9. The predicted molar refractivity (Wildman–Crippen MR) is 99.0 cm³/mol. The van der Waals surface area contributed by atoms with Crippen LogP contribution in [0.5, 0.6) is 5.75 Å². The van der Waals surface area contributed by atoms with Gasteiger partial charge < -0.3 is 19.1 Å². The van der Waals surface area contributed by atoms with Crippen molar-refractivity contribution in [2.75, 3.05) is 13.2 Å². The molecular formula is C19H17BrF2N2O3. The summed E-state index contributed by atoms with van der Waals surface area (Å²) in [5.41, 5.74) is 2.32. The third-order valence-corrected chi connectivity index (χ3v) is 5.11. The van der Waals surface area contributed by atoms with Crippen molar-refractivity contribution in [1.82, 2.24) is 9.55 Å². The Bertz CT molecular complexity index is 963. The summed E-state index contributed by atoms with van der Waals surface area (Å²) in [6.07, 6.45) is 0.182. The van der Waals surface area contributed by atoms with Crippen LogP contribution in [-0.4, -0.2) is 34.5 Å². The van der Waals surface area contributed by atoms with E-state index >= 15 is 0 Å². The van der Waals surface area contributed by atoms with E-state index in [-0.39, 0.29) is 31.1 Å². The lowest BCUT2D eigenvalue weighted by Crippen LogP contribution is -2.10. The van der Waals surface area contributed by atoms with Crippen LogP contribution in [0.25, 0.3) is 11.0 Å². The second-order valence-electron chi connectivity index (χ2n) is 6.22. The maximum Gasteiger partial charge on any atom is 0.387 e. The van der Waals surface area contributed by atoms with E-state index in [9.17, 15) is 8.78 Å². The number of nitrogens with zero attached hydrogens (tertiary/aromatic N) is 2. The van der Waals surface area contributed by atoms with E-state index in [2.05, 4.69) is 20.9 Å². The second kappa shape index (κ2) is 7.53. The first kappa shape index (κ1) is 18.3. The number of benzene rings is 2. The van der Waals surface area contributed by atoms with Crippen molar-refractivity contribution in [3.63, 3.8) is 0 Å². The van der Waals surface area contributed by atoms with Gasteiger partial charge in [0.1, 0.15) is 17.7 Å². The second-order valence-corrected chi connectivity index (χ2v) is 7.14. The Morgan fingerprint density at radius 2 is 2.07 bits per heavy atom. The summed E-state index contributed by atoms with van der Waals surface area (Å²) >= 11 is 3.48. The first-order valence-corrected chi connectivity index (χ1v) is 9.31. The molecule has 1 aromatic heterocycles. The Morgan fingerprint density at radius 3 is 2.85 bits per heavy atom. The fraction of sp³-hybridized carbons (Fsp3) is 0.316. The average Bonchev–Trinajstić information content (AvgIpc) is 3.17. The van der Waals surface area contributed by atoms with Gasteiger partial charge in [-0.15, -0.1) is 0 Å². The van der Waals surface area contributed by atoms with Crippen LogP contribution in [0, 0.1) is 0 Å². The van der Waals surface area contributed by atoms with Crippen LogP contribution in [0.15, 0.2) is 46.9 Å². The maximum atomic E-state index is 12.9. The molecule has 2 aromatic carbocycles. The van der Waals surface area contributed by atoms with Crippen LogP contribution in [0.2, 0.25) is 0 Å². The van der Waals surface area contributed by atoms with Crippen molar-refractivity contribution in [3.8, 4) is 5.75 Å². The first-order valence-electron chi connectivity index (χ1n) is 8.52. The lowest BCUT2D eigenvalue weighted by atomic mass is 10.0. The molecule has 0 bridgehead atoms. The van der Waals surface area contributed by atoms with Gasteiger partial charge in [0.15, 0.2) is 0 Å². The Labute approximate surface area is 162 Å². The number of aromatic nitrogens is 2. The molecule has 0 saturated carbocycles. The van der Waals surface area contributed by atoms with Crippen molar-refractivity contribution in [3.05, 3.63) is 58.3 Å². The molecule has 1 N–H and O–H groups in total. The largest absolute Gasteiger partial charge is 0.434 e. The highest BCUT2D eigenvalue weighted by Gasteiger charge is 2.37. The Balaban J connectivity index is 1.84. The number of alkyl halides is 2. The lowest BCUT2D eigenvalue weighted by molar-refractivity contribution is -0.0507. The molecule has 27 heavy (non-hydrogen) atoms. The van der Waals surface area contributed by atoms with Crippen LogP contribution in [0.4, 0.5) is 8.78 Å². The fourth-order valence-electron chi connectivity index (χ4n) is 3.62. The van der Waals surface area contributed by atoms with Gasteiger partial charge in [-0.05, 0) is 24.3 Å². The third-order valence-electron chi connectivity index (χ3n) is 4.62. The minimum atomic E-state index is -2.90. The van der Waals surface area contributed by atoms with Crippen LogP contribution in [-0.2, 0) is 4.74 Å². The normalized spacial score (nSPS) is 19.0. The summed E-state index contributed by atoms with van der Waals surface area (Å²) < 4.78 is 39.2. The van der Waals surface area contributed by atoms with Gasteiger partial charge in [0, 0.05) is 16.5 Å². The average molecular weight is 439 g/mol. The molecule has 1 aliphatic rings. The van der Waals surface area contributed by atoms with E-state index in [0.29, 0.717) is 17.8 Å². The zero-order valence-electron chi connectivity index (χ0n) is 14.2. The molecule has 2 atom stereocenters. The quantitative estimate of drug-likeness (QED) is 0.617. The van der Waals surface area contributed by atoms with E-state index in [1.165, 1.54) is 6.07 Å². The summed E-state index contributed by atoms with van der Waals surface area (Å²) in [6.45, 7) is -2.82. The summed E-state index contributed by atoms with van der Waals surface area (Å²) in [5, 5.41) is 9.12. The molecule has 0 radical (unpaired) electrons. The number of aliphatic hydroxyl groups excluding tert-OH is 1. The highest BCUT2D eigenvalue weighted by molar-refractivity contribution is 9.10. The van der Waals surface area contributed by atoms with Gasteiger partial charge in [0.05, 0.1) is 30.3 Å². The molecule has 142 valence electrons. The molecule has 2 heterocycles. The molecule has 3 aromatic rings. The molecule has 4 rings (SSSR count). The number of hydrogen-bond donors (Lipinski definition) is 1. The zero-order valence-corrected chi connectivity index (χ0v) is 15.8. The van der Waals surface area contributed by atoms with E-state index in [0.717, 1.165) is 15.5 Å². The summed E-state index contributed by atoms with van der Waals surface area (Å²) in [4.78, 5) is 4.68. The summed E-state index contributed by atoms with van der Waals surface area (Å²) in [5.74, 6) is 0.858. The third kappa shape index (κ3) is 3.44. The minimum Gasteiger partial charge on any atom is -0.434 e.